The van der Waals surface area contributed by atoms with E-state index in [1.165, 1.54) is 4.88 Å². The van der Waals surface area contributed by atoms with E-state index in [2.05, 4.69) is 42.7 Å². The zero-order valence-corrected chi connectivity index (χ0v) is 12.7. The van der Waals surface area contributed by atoms with Crippen molar-refractivity contribution in [3.05, 3.63) is 57.5 Å². The largest absolute Gasteiger partial charge is 0.302 e. The molecule has 2 unspecified atom stereocenters. The monoisotopic (exact) mass is 289 g/mol. The van der Waals surface area contributed by atoms with Crippen molar-refractivity contribution >= 4 is 11.3 Å². The Morgan fingerprint density at radius 2 is 2.10 bits per heavy atom. The second kappa shape index (κ2) is 5.66. The molecule has 0 saturated heterocycles. The molecule has 0 amide bonds. The van der Waals surface area contributed by atoms with E-state index in [0.29, 0.717) is 12.0 Å². The van der Waals surface area contributed by atoms with Crippen molar-refractivity contribution in [1.29, 1.82) is 0 Å². The van der Waals surface area contributed by atoms with Gasteiger partial charge in [-0.2, -0.15) is 0 Å². The molecule has 0 fully saturated rings. The number of rotatable bonds is 4. The molecule has 1 heterocycles. The van der Waals surface area contributed by atoms with Gasteiger partial charge in [-0.3, -0.25) is 0 Å². The Kier molecular flexibility index (Phi) is 3.90. The Balaban J connectivity index is 1.84. The Labute approximate surface area is 123 Å². The van der Waals surface area contributed by atoms with Gasteiger partial charge >= 0.3 is 0 Å². The minimum absolute atomic E-state index is 0.0518. The lowest BCUT2D eigenvalue weighted by atomic mass is 10.00. The highest BCUT2D eigenvalue weighted by Gasteiger charge is 2.28. The van der Waals surface area contributed by atoms with E-state index in [-0.39, 0.29) is 11.9 Å². The van der Waals surface area contributed by atoms with Gasteiger partial charge in [0.25, 0.3) is 0 Å². The molecule has 0 saturated carbocycles. The predicted octanol–water partition coefficient (Wildman–Crippen LogP) is 4.86. The fourth-order valence-corrected chi connectivity index (χ4v) is 4.03. The van der Waals surface area contributed by atoms with Gasteiger partial charge in [0.05, 0.1) is 0 Å². The summed E-state index contributed by atoms with van der Waals surface area (Å²) >= 11 is 1.79. The minimum atomic E-state index is -0.0518. The van der Waals surface area contributed by atoms with Crippen molar-refractivity contribution in [2.24, 2.45) is 5.92 Å². The molecule has 1 nitrogen and oxygen atoms in total. The summed E-state index contributed by atoms with van der Waals surface area (Å²) in [5.41, 5.74) is 2.05. The van der Waals surface area contributed by atoms with Crippen LogP contribution in [0.15, 0.2) is 35.7 Å². The molecule has 1 aliphatic carbocycles. The molecule has 1 N–H and O–H groups in total. The van der Waals surface area contributed by atoms with Gasteiger partial charge in [0, 0.05) is 17.0 Å². The van der Waals surface area contributed by atoms with Gasteiger partial charge in [0.2, 0.25) is 0 Å². The fraction of sp³-hybridized carbons (Fsp3) is 0.412. The van der Waals surface area contributed by atoms with Crippen LogP contribution in [0.5, 0.6) is 0 Å². The second-order valence-electron chi connectivity index (χ2n) is 5.80. The summed E-state index contributed by atoms with van der Waals surface area (Å²) in [5, 5.41) is 5.86. The van der Waals surface area contributed by atoms with Crippen LogP contribution in [0, 0.1) is 11.7 Å². The number of nitrogens with one attached hydrogen (secondary N) is 1. The lowest BCUT2D eigenvalue weighted by molar-refractivity contribution is 0.366. The molecule has 1 aliphatic rings. The normalized spacial score (nSPS) is 19.3. The van der Waals surface area contributed by atoms with Crippen LogP contribution in [0.2, 0.25) is 0 Å². The van der Waals surface area contributed by atoms with Gasteiger partial charge in [0.1, 0.15) is 5.82 Å². The summed E-state index contributed by atoms with van der Waals surface area (Å²) in [5.74, 6) is 0.468. The topological polar surface area (TPSA) is 12.0 Å². The van der Waals surface area contributed by atoms with Crippen LogP contribution < -0.4 is 5.32 Å². The molecule has 3 heteroatoms. The summed E-state index contributed by atoms with van der Waals surface area (Å²) in [6.45, 7) is 4.47. The highest BCUT2D eigenvalue weighted by Crippen LogP contribution is 2.36. The maximum atomic E-state index is 13.8. The molecule has 2 aromatic rings. The van der Waals surface area contributed by atoms with Crippen molar-refractivity contribution in [3.8, 4) is 0 Å². The van der Waals surface area contributed by atoms with E-state index < -0.39 is 0 Å². The Morgan fingerprint density at radius 3 is 2.80 bits per heavy atom. The molecule has 3 rings (SSSR count). The average molecular weight is 289 g/mol. The number of fused-ring (bicyclic) bond motifs is 1. The van der Waals surface area contributed by atoms with Gasteiger partial charge in [-0.1, -0.05) is 32.0 Å². The maximum Gasteiger partial charge on any atom is 0.126 e. The maximum absolute atomic E-state index is 13.8. The van der Waals surface area contributed by atoms with Gasteiger partial charge in [-0.05, 0) is 47.4 Å². The first-order valence-electron chi connectivity index (χ1n) is 7.23. The van der Waals surface area contributed by atoms with Crippen LogP contribution >= 0.6 is 11.3 Å². The van der Waals surface area contributed by atoms with Crippen molar-refractivity contribution in [1.82, 2.24) is 5.32 Å². The standard InChI is InChI=1S/C17H20FNS/c1-11(2)17(16-7-4-10-20-16)19-15-9-8-12-13(15)5-3-6-14(12)18/h3-7,10-11,15,17,19H,8-9H2,1-2H3. The zero-order chi connectivity index (χ0) is 14.1. The zero-order valence-electron chi connectivity index (χ0n) is 11.9. The van der Waals surface area contributed by atoms with Crippen molar-refractivity contribution < 1.29 is 4.39 Å². The van der Waals surface area contributed by atoms with E-state index in [4.69, 9.17) is 0 Å². The Hall–Kier alpha value is -1.19. The molecule has 0 bridgehead atoms. The van der Waals surface area contributed by atoms with E-state index in [1.807, 2.05) is 6.07 Å². The van der Waals surface area contributed by atoms with Crippen molar-refractivity contribution in [2.45, 2.75) is 38.8 Å². The van der Waals surface area contributed by atoms with Gasteiger partial charge < -0.3 is 5.32 Å². The lowest BCUT2D eigenvalue weighted by Gasteiger charge is -2.26. The number of hydrogen-bond donors (Lipinski definition) is 1. The number of benzene rings is 1. The predicted molar refractivity (Wildman–Crippen MR) is 82.5 cm³/mol. The first kappa shape index (κ1) is 13.8. The van der Waals surface area contributed by atoms with Crippen LogP contribution in [-0.4, -0.2) is 0 Å². The van der Waals surface area contributed by atoms with E-state index in [0.717, 1.165) is 24.0 Å². The summed E-state index contributed by atoms with van der Waals surface area (Å²) in [6, 6.07) is 10.4. The van der Waals surface area contributed by atoms with Crippen LogP contribution in [0.1, 0.15) is 48.4 Å². The molecular formula is C17H20FNS. The molecule has 1 aromatic carbocycles. The van der Waals surface area contributed by atoms with Crippen LogP contribution in [0.25, 0.3) is 0 Å². The number of halogens is 1. The summed E-state index contributed by atoms with van der Waals surface area (Å²) in [7, 11) is 0. The highest BCUT2D eigenvalue weighted by atomic mass is 32.1. The van der Waals surface area contributed by atoms with Gasteiger partial charge in [-0.15, -0.1) is 11.3 Å². The smallest absolute Gasteiger partial charge is 0.126 e. The van der Waals surface area contributed by atoms with Crippen LogP contribution in [-0.2, 0) is 6.42 Å². The molecular weight excluding hydrogens is 269 g/mol. The average Bonchev–Trinajstić information content (AvgIpc) is 3.05. The lowest BCUT2D eigenvalue weighted by Crippen LogP contribution is -2.28. The molecule has 0 radical (unpaired) electrons. The molecule has 1 aromatic heterocycles. The van der Waals surface area contributed by atoms with E-state index >= 15 is 0 Å². The first-order valence-corrected chi connectivity index (χ1v) is 8.11. The molecule has 20 heavy (non-hydrogen) atoms. The van der Waals surface area contributed by atoms with E-state index in [9.17, 15) is 4.39 Å². The summed E-state index contributed by atoms with van der Waals surface area (Å²) in [4.78, 5) is 1.37. The van der Waals surface area contributed by atoms with E-state index in [1.54, 1.807) is 17.4 Å². The SMILES string of the molecule is CC(C)C(NC1CCc2c(F)cccc21)c1cccs1. The number of hydrogen-bond acceptors (Lipinski definition) is 2. The van der Waals surface area contributed by atoms with Crippen LogP contribution in [0.3, 0.4) is 0 Å². The van der Waals surface area contributed by atoms with Gasteiger partial charge in [0.15, 0.2) is 0 Å². The fourth-order valence-electron chi connectivity index (χ4n) is 3.07. The van der Waals surface area contributed by atoms with Crippen molar-refractivity contribution in [3.63, 3.8) is 0 Å². The molecule has 0 spiro atoms. The third-order valence-electron chi connectivity index (χ3n) is 4.11. The summed E-state index contributed by atoms with van der Waals surface area (Å²) < 4.78 is 13.8. The van der Waals surface area contributed by atoms with Crippen LogP contribution in [0.4, 0.5) is 4.39 Å². The third-order valence-corrected chi connectivity index (χ3v) is 5.07. The Morgan fingerprint density at radius 1 is 1.25 bits per heavy atom. The summed E-state index contributed by atoms with van der Waals surface area (Å²) in [6.07, 6.45) is 1.83. The number of thiophene rings is 1. The molecule has 2 atom stereocenters. The molecule has 106 valence electrons. The second-order valence-corrected chi connectivity index (χ2v) is 6.78. The highest BCUT2D eigenvalue weighted by molar-refractivity contribution is 7.10. The third kappa shape index (κ3) is 2.52. The van der Waals surface area contributed by atoms with Crippen molar-refractivity contribution in [2.75, 3.05) is 0 Å². The molecule has 0 aliphatic heterocycles. The van der Waals surface area contributed by atoms with Gasteiger partial charge in [-0.25, -0.2) is 4.39 Å². The first-order chi connectivity index (χ1) is 9.66. The quantitative estimate of drug-likeness (QED) is 0.847. The Bertz CT molecular complexity index is 577. The minimum Gasteiger partial charge on any atom is -0.302 e.